The van der Waals surface area contributed by atoms with Crippen molar-refractivity contribution in [1.29, 1.82) is 0 Å². The highest BCUT2D eigenvalue weighted by Crippen LogP contribution is 2.35. The molecular formula is C23H26ClFN2O3S. The fourth-order valence-electron chi connectivity index (χ4n) is 3.54. The molecule has 0 bridgehead atoms. The van der Waals surface area contributed by atoms with Crippen molar-refractivity contribution in [2.45, 2.75) is 30.4 Å². The number of benzene rings is 2. The van der Waals surface area contributed by atoms with Crippen LogP contribution in [0.1, 0.15) is 25.3 Å². The van der Waals surface area contributed by atoms with Gasteiger partial charge in [-0.05, 0) is 61.7 Å². The summed E-state index contributed by atoms with van der Waals surface area (Å²) < 4.78 is 18.5. The van der Waals surface area contributed by atoms with Crippen LogP contribution in [0.15, 0.2) is 48.5 Å². The molecule has 1 aliphatic rings. The number of anilines is 1. The molecule has 0 aliphatic carbocycles. The van der Waals surface area contributed by atoms with E-state index in [0.29, 0.717) is 30.5 Å². The fourth-order valence-corrected chi connectivity index (χ4v) is 4.37. The second-order valence-electron chi connectivity index (χ2n) is 7.63. The number of thioether (sulfide) groups is 1. The van der Waals surface area contributed by atoms with E-state index in [4.69, 9.17) is 16.3 Å². The zero-order chi connectivity index (χ0) is 22.3. The van der Waals surface area contributed by atoms with Gasteiger partial charge in [0.05, 0.1) is 11.0 Å². The van der Waals surface area contributed by atoms with Crippen molar-refractivity contribution in [2.75, 3.05) is 30.8 Å². The number of hydrogen-bond acceptors (Lipinski definition) is 4. The zero-order valence-corrected chi connectivity index (χ0v) is 18.9. The van der Waals surface area contributed by atoms with E-state index in [1.54, 1.807) is 6.92 Å². The molecule has 2 aromatic rings. The van der Waals surface area contributed by atoms with Crippen LogP contribution >= 0.6 is 23.4 Å². The van der Waals surface area contributed by atoms with Crippen LogP contribution in [0.25, 0.3) is 0 Å². The summed E-state index contributed by atoms with van der Waals surface area (Å²) in [7, 11) is 0. The molecule has 0 aromatic heterocycles. The van der Waals surface area contributed by atoms with Gasteiger partial charge in [0.2, 0.25) is 11.8 Å². The molecule has 2 N–H and O–H groups in total. The van der Waals surface area contributed by atoms with Crippen LogP contribution in [0, 0.1) is 5.82 Å². The molecule has 31 heavy (non-hydrogen) atoms. The number of ether oxygens (including phenoxy) is 1. The lowest BCUT2D eigenvalue weighted by atomic mass is 9.74. The van der Waals surface area contributed by atoms with E-state index in [1.165, 1.54) is 36.0 Å². The molecule has 2 aromatic carbocycles. The zero-order valence-electron chi connectivity index (χ0n) is 17.3. The highest BCUT2D eigenvalue weighted by Gasteiger charge is 2.35. The summed E-state index contributed by atoms with van der Waals surface area (Å²) in [6.07, 6.45) is 1.63. The van der Waals surface area contributed by atoms with Crippen LogP contribution in [0.2, 0.25) is 5.02 Å². The third-order valence-corrected chi connectivity index (χ3v) is 6.86. The topological polar surface area (TPSA) is 67.4 Å². The minimum Gasteiger partial charge on any atom is -0.381 e. The molecule has 0 saturated carbocycles. The monoisotopic (exact) mass is 464 g/mol. The quantitative estimate of drug-likeness (QED) is 0.607. The number of rotatable bonds is 8. The molecule has 2 amide bonds. The summed E-state index contributed by atoms with van der Waals surface area (Å²) in [5.41, 5.74) is 1.47. The number of carbonyl (C=O) groups excluding carboxylic acids is 2. The number of halogens is 2. The lowest BCUT2D eigenvalue weighted by Gasteiger charge is -2.38. The van der Waals surface area contributed by atoms with E-state index in [1.807, 2.05) is 24.3 Å². The van der Waals surface area contributed by atoms with Gasteiger partial charge in [0.25, 0.3) is 0 Å². The summed E-state index contributed by atoms with van der Waals surface area (Å²) in [5, 5.41) is 6.05. The van der Waals surface area contributed by atoms with E-state index >= 15 is 0 Å². The highest BCUT2D eigenvalue weighted by molar-refractivity contribution is 8.01. The molecule has 1 saturated heterocycles. The minimum atomic E-state index is -0.388. The first-order chi connectivity index (χ1) is 14.9. The predicted octanol–water partition coefficient (Wildman–Crippen LogP) is 4.40. The molecule has 166 valence electrons. The summed E-state index contributed by atoms with van der Waals surface area (Å²) in [4.78, 5) is 24.8. The van der Waals surface area contributed by atoms with Gasteiger partial charge in [-0.1, -0.05) is 23.7 Å². The Labute approximate surface area is 191 Å². The largest absolute Gasteiger partial charge is 0.381 e. The predicted molar refractivity (Wildman–Crippen MR) is 123 cm³/mol. The first-order valence-corrected chi connectivity index (χ1v) is 11.6. The van der Waals surface area contributed by atoms with Gasteiger partial charge >= 0.3 is 0 Å². The van der Waals surface area contributed by atoms with Crippen LogP contribution in [-0.2, 0) is 19.7 Å². The van der Waals surface area contributed by atoms with Gasteiger partial charge < -0.3 is 15.4 Å². The fraction of sp³-hybridized carbons (Fsp3) is 0.391. The Balaban J connectivity index is 1.51. The van der Waals surface area contributed by atoms with Crippen molar-refractivity contribution >= 4 is 40.9 Å². The van der Waals surface area contributed by atoms with Gasteiger partial charge in [0.15, 0.2) is 0 Å². The smallest absolute Gasteiger partial charge is 0.234 e. The second kappa shape index (κ2) is 11.0. The third kappa shape index (κ3) is 6.69. The van der Waals surface area contributed by atoms with Gasteiger partial charge in [-0.25, -0.2) is 4.39 Å². The lowest BCUT2D eigenvalue weighted by molar-refractivity contribution is -0.120. The molecule has 5 nitrogen and oxygen atoms in total. The van der Waals surface area contributed by atoms with E-state index in [-0.39, 0.29) is 34.0 Å². The molecule has 0 radical (unpaired) electrons. The van der Waals surface area contributed by atoms with Crippen LogP contribution in [0.3, 0.4) is 0 Å². The average Bonchev–Trinajstić information content (AvgIpc) is 2.78. The van der Waals surface area contributed by atoms with E-state index in [9.17, 15) is 14.0 Å². The van der Waals surface area contributed by atoms with Gasteiger partial charge in [-0.2, -0.15) is 0 Å². The first-order valence-electron chi connectivity index (χ1n) is 10.2. The molecule has 1 heterocycles. The number of amides is 2. The number of nitrogens with one attached hydrogen (secondary N) is 2. The van der Waals surface area contributed by atoms with E-state index in [0.717, 1.165) is 18.4 Å². The van der Waals surface area contributed by atoms with E-state index in [2.05, 4.69) is 10.6 Å². The van der Waals surface area contributed by atoms with Gasteiger partial charge in [0.1, 0.15) is 5.82 Å². The van der Waals surface area contributed by atoms with Crippen LogP contribution in [0.5, 0.6) is 0 Å². The molecule has 3 rings (SSSR count). The Kier molecular flexibility index (Phi) is 8.35. The summed E-state index contributed by atoms with van der Waals surface area (Å²) >= 11 is 7.29. The molecule has 1 unspecified atom stereocenters. The molecule has 8 heteroatoms. The normalized spacial score (nSPS) is 16.4. The lowest BCUT2D eigenvalue weighted by Crippen LogP contribution is -2.46. The van der Waals surface area contributed by atoms with Gasteiger partial charge in [-0.3, -0.25) is 9.59 Å². The van der Waals surface area contributed by atoms with Crippen LogP contribution < -0.4 is 10.6 Å². The van der Waals surface area contributed by atoms with Crippen molar-refractivity contribution in [3.8, 4) is 0 Å². The Bertz CT molecular complexity index is 887. The Morgan fingerprint density at radius 2 is 1.77 bits per heavy atom. The van der Waals surface area contributed by atoms with Crippen LogP contribution in [0.4, 0.5) is 10.1 Å². The maximum atomic E-state index is 13.0. The Morgan fingerprint density at radius 3 is 2.42 bits per heavy atom. The van der Waals surface area contributed by atoms with E-state index < -0.39 is 0 Å². The van der Waals surface area contributed by atoms with Gasteiger partial charge in [0, 0.05) is 35.9 Å². The van der Waals surface area contributed by atoms with Crippen molar-refractivity contribution in [1.82, 2.24) is 5.32 Å². The molecule has 0 spiro atoms. The van der Waals surface area contributed by atoms with Crippen molar-refractivity contribution < 1.29 is 18.7 Å². The summed E-state index contributed by atoms with van der Waals surface area (Å²) in [5.74, 6) is -0.585. The first kappa shape index (κ1) is 23.6. The summed E-state index contributed by atoms with van der Waals surface area (Å²) in [6.45, 7) is 3.58. The van der Waals surface area contributed by atoms with Gasteiger partial charge in [-0.15, -0.1) is 11.8 Å². The standard InChI is InChI=1S/C23H26ClFN2O3S/c1-16(31-14-21(28)27-20-8-6-19(25)7-9-20)22(29)26-15-23(10-12-30-13-11-23)17-2-4-18(24)5-3-17/h2-9,16H,10-15H2,1H3,(H,26,29)(H,27,28). The summed E-state index contributed by atoms with van der Waals surface area (Å²) in [6, 6.07) is 13.3. The third-order valence-electron chi connectivity index (χ3n) is 5.47. The average molecular weight is 465 g/mol. The Morgan fingerprint density at radius 1 is 1.13 bits per heavy atom. The van der Waals surface area contributed by atoms with Crippen molar-refractivity contribution in [2.24, 2.45) is 0 Å². The molecular weight excluding hydrogens is 439 g/mol. The number of hydrogen-bond donors (Lipinski definition) is 2. The van der Waals surface area contributed by atoms with Crippen LogP contribution in [-0.4, -0.2) is 42.6 Å². The highest BCUT2D eigenvalue weighted by atomic mass is 35.5. The maximum Gasteiger partial charge on any atom is 0.234 e. The van der Waals surface area contributed by atoms with Crippen molar-refractivity contribution in [3.05, 3.63) is 64.9 Å². The molecule has 1 fully saturated rings. The molecule has 1 aliphatic heterocycles. The van der Waals surface area contributed by atoms with Crippen molar-refractivity contribution in [3.63, 3.8) is 0 Å². The number of carbonyl (C=O) groups is 2. The maximum absolute atomic E-state index is 13.0. The molecule has 1 atom stereocenters. The minimum absolute atomic E-state index is 0.112. The second-order valence-corrected chi connectivity index (χ2v) is 9.39. The SMILES string of the molecule is CC(SCC(=O)Nc1ccc(F)cc1)C(=O)NCC1(c2ccc(Cl)cc2)CCOCC1. The Hall–Kier alpha value is -2.09.